The van der Waals surface area contributed by atoms with Crippen molar-refractivity contribution in [2.24, 2.45) is 0 Å². The molecule has 0 atom stereocenters. The van der Waals surface area contributed by atoms with E-state index in [0.29, 0.717) is 0 Å². The summed E-state index contributed by atoms with van der Waals surface area (Å²) in [5.41, 5.74) is 0. The summed E-state index contributed by atoms with van der Waals surface area (Å²) < 4.78 is 0. The first-order valence-electron chi connectivity index (χ1n) is 0. The fourth-order valence-electron chi connectivity index (χ4n) is 0. The number of hydrogen-bond acceptors (Lipinski definition) is 0. The molecule has 0 aliphatic carbocycles. The van der Waals surface area contributed by atoms with Gasteiger partial charge in [0.2, 0.25) is 0 Å². The fraction of sp³-hybridized carbons (Fsp3) is 0. The predicted molar refractivity (Wildman–Crippen MR) is 0 cm³/mol. The third-order valence-corrected chi connectivity index (χ3v) is 0. The molecule has 0 unspecified atom stereocenters. The molecule has 0 N–H and O–H groups in total. The van der Waals surface area contributed by atoms with E-state index in [9.17, 15) is 0 Å². The van der Waals surface area contributed by atoms with Crippen LogP contribution in [-0.4, -0.2) is 0 Å². The van der Waals surface area contributed by atoms with Crippen LogP contribution in [0.5, 0.6) is 0 Å². The Labute approximate surface area is 78.5 Å². The van der Waals surface area contributed by atoms with Crippen LogP contribution in [-0.2, 0) is 0 Å². The number of rotatable bonds is 0. The molecule has 6 heavy (non-hydrogen) atoms. The van der Waals surface area contributed by atoms with Gasteiger partial charge in [0, 0.05) is 0 Å². The first kappa shape index (κ1) is 120. The summed E-state index contributed by atoms with van der Waals surface area (Å²) in [6, 6.07) is 0. The molecule has 0 heterocycles. The van der Waals surface area contributed by atoms with E-state index < -0.39 is 0 Å². The number of halogens is 4. The summed E-state index contributed by atoms with van der Waals surface area (Å²) in [7, 11) is 0. The normalized spacial score (nSPS) is 0. The molecule has 0 fully saturated rings. The molecule has 0 saturated carbocycles. The third-order valence-electron chi connectivity index (χ3n) is 0. The zero-order chi connectivity index (χ0) is 0. The molecule has 0 bridgehead atoms. The van der Waals surface area contributed by atoms with Crippen LogP contribution in [0.4, 0.5) is 0 Å². The van der Waals surface area contributed by atoms with Crippen molar-refractivity contribution in [1.82, 2.24) is 0 Å². The van der Waals surface area contributed by atoms with Crippen LogP contribution >= 0.6 is 0 Å². The minimum Gasteiger partial charge on any atom is -1.00 e. The van der Waals surface area contributed by atoms with Gasteiger partial charge in [0.15, 0.2) is 0 Å². The monoisotopic (exact) mass is 223 g/mol. The van der Waals surface area contributed by atoms with Crippen molar-refractivity contribution in [2.45, 2.75) is 0 Å². The molecule has 0 aliphatic rings. The van der Waals surface area contributed by atoms with Crippen molar-refractivity contribution >= 4 is 0 Å². The van der Waals surface area contributed by atoms with Crippen LogP contribution in [0.2, 0.25) is 0 Å². The zero-order valence-electron chi connectivity index (χ0n) is 3.01. The van der Waals surface area contributed by atoms with Crippen LogP contribution in [0.25, 0.3) is 0 Å². The van der Waals surface area contributed by atoms with Crippen molar-refractivity contribution in [3.63, 3.8) is 0 Å². The Bertz CT molecular complexity index is 7.51. The molecule has 0 spiro atoms. The molecule has 6 heteroatoms. The van der Waals surface area contributed by atoms with Gasteiger partial charge in [0.1, 0.15) is 0 Å². The van der Waals surface area contributed by atoms with Crippen LogP contribution in [0.1, 0.15) is 0 Å². The van der Waals surface area contributed by atoms with E-state index in [4.69, 9.17) is 0 Å². The van der Waals surface area contributed by atoms with E-state index >= 15 is 0 Å². The molecule has 0 amide bonds. The Balaban J connectivity index is 0. The van der Waals surface area contributed by atoms with Gasteiger partial charge in [-0.3, -0.25) is 0 Å². The zero-order valence-corrected chi connectivity index (χ0v) is 6.15. The largest absolute Gasteiger partial charge is 3.00 e. The Morgan fingerprint density at radius 3 is 0.500 bits per heavy atom. The molecule has 33 valence electrons. The van der Waals surface area contributed by atoms with Crippen LogP contribution in [0.15, 0.2) is 0 Å². The third kappa shape index (κ3) is 43.7. The van der Waals surface area contributed by atoms with Gasteiger partial charge in [-0.1, -0.05) is 0 Å². The second kappa shape index (κ2) is 75.6. The molecular formula is CeF4Li. The SMILES string of the molecule is [Ce+3].[F-].[F-].[F-].[F-].[Li+]. The van der Waals surface area contributed by atoms with E-state index in [1.807, 2.05) is 0 Å². The van der Waals surface area contributed by atoms with E-state index in [2.05, 4.69) is 0 Å². The first-order chi connectivity index (χ1) is 0. The average Bonchev–Trinajstić information content (AvgIpc) is 0. The topological polar surface area (TPSA) is 0 Å². The van der Waals surface area contributed by atoms with Gasteiger partial charge in [-0.25, -0.2) is 0 Å². The van der Waals surface area contributed by atoms with E-state index in [-0.39, 0.29) is 79.4 Å². The van der Waals surface area contributed by atoms with Gasteiger partial charge in [0.25, 0.3) is 0 Å². The van der Waals surface area contributed by atoms with Crippen molar-refractivity contribution in [3.05, 3.63) is 0 Å². The van der Waals surface area contributed by atoms with Gasteiger partial charge < -0.3 is 18.8 Å². The van der Waals surface area contributed by atoms with E-state index in [0.717, 1.165) is 0 Å². The fourth-order valence-corrected chi connectivity index (χ4v) is 0. The maximum absolute atomic E-state index is 0. The molecular weight excluding hydrogens is 223 g/mol. The molecule has 0 rings (SSSR count). The Morgan fingerprint density at radius 2 is 0.500 bits per heavy atom. The van der Waals surface area contributed by atoms with Gasteiger partial charge >= 0.3 is 60.6 Å². The average molecular weight is 223 g/mol. The van der Waals surface area contributed by atoms with Crippen molar-refractivity contribution < 1.29 is 79.4 Å². The summed E-state index contributed by atoms with van der Waals surface area (Å²) in [4.78, 5) is 0. The van der Waals surface area contributed by atoms with E-state index in [1.165, 1.54) is 0 Å². The van der Waals surface area contributed by atoms with Crippen molar-refractivity contribution in [3.8, 4) is 0 Å². The second-order valence-electron chi connectivity index (χ2n) is 0. The Hall–Kier alpha value is 1.69. The van der Waals surface area contributed by atoms with Gasteiger partial charge in [-0.2, -0.15) is 0 Å². The van der Waals surface area contributed by atoms with Crippen LogP contribution < -0.4 is 37.7 Å². The minimum atomic E-state index is 0. The van der Waals surface area contributed by atoms with Crippen LogP contribution in [0.3, 0.4) is 0 Å². The molecule has 0 saturated heterocycles. The molecule has 1 radical (unpaired) electrons. The summed E-state index contributed by atoms with van der Waals surface area (Å²) >= 11 is 0. The maximum Gasteiger partial charge on any atom is 3.00 e. The van der Waals surface area contributed by atoms with Gasteiger partial charge in [0.05, 0.1) is 0 Å². The molecule has 0 aliphatic heterocycles. The van der Waals surface area contributed by atoms with Crippen molar-refractivity contribution in [2.75, 3.05) is 0 Å². The maximum atomic E-state index is 0. The summed E-state index contributed by atoms with van der Waals surface area (Å²) in [5, 5.41) is 0. The molecule has 0 nitrogen and oxygen atoms in total. The molecule has 0 aromatic heterocycles. The summed E-state index contributed by atoms with van der Waals surface area (Å²) in [6.07, 6.45) is 0. The van der Waals surface area contributed by atoms with Crippen molar-refractivity contribution in [1.29, 1.82) is 0 Å². The van der Waals surface area contributed by atoms with E-state index in [1.54, 1.807) is 0 Å². The first-order valence-corrected chi connectivity index (χ1v) is 0. The number of hydrogen-bond donors (Lipinski definition) is 0. The standard InChI is InChI=1S/Ce.4FH.Li/h;4*1H;/q+3;;;;;+1/p-4. The Kier molecular flexibility index (Phi) is 1510. The second-order valence-corrected chi connectivity index (χ2v) is 0. The van der Waals surface area contributed by atoms with Gasteiger partial charge in [-0.05, 0) is 0 Å². The molecule has 0 aromatic rings. The minimum absolute atomic E-state index is 0. The van der Waals surface area contributed by atoms with Crippen LogP contribution in [0, 0.1) is 41.7 Å². The molecule has 0 aromatic carbocycles. The quantitative estimate of drug-likeness (QED) is 0.282. The summed E-state index contributed by atoms with van der Waals surface area (Å²) in [6.45, 7) is 0. The predicted octanol–water partition coefficient (Wildman–Crippen LogP) is -15.0. The Morgan fingerprint density at radius 1 is 0.500 bits per heavy atom. The van der Waals surface area contributed by atoms with Gasteiger partial charge in [-0.15, -0.1) is 0 Å². The smallest absolute Gasteiger partial charge is 1.00 e. The summed E-state index contributed by atoms with van der Waals surface area (Å²) in [5.74, 6) is 0.